The molecule has 0 bridgehead atoms. The summed E-state index contributed by atoms with van der Waals surface area (Å²) in [6.45, 7) is 4.29. The highest BCUT2D eigenvalue weighted by Gasteiger charge is 2.20. The first-order chi connectivity index (χ1) is 12.7. The molecule has 1 aliphatic heterocycles. The number of hydrogen-bond acceptors (Lipinski definition) is 5. The zero-order valence-corrected chi connectivity index (χ0v) is 16.2. The number of benzene rings is 1. The van der Waals surface area contributed by atoms with Crippen molar-refractivity contribution in [1.29, 1.82) is 0 Å². The molecule has 0 aromatic heterocycles. The van der Waals surface area contributed by atoms with E-state index in [-0.39, 0.29) is 0 Å². The lowest BCUT2D eigenvalue weighted by atomic mass is 9.96. The van der Waals surface area contributed by atoms with Crippen LogP contribution in [0.4, 0.5) is 5.69 Å². The average Bonchev–Trinajstić information content (AvgIpc) is 2.68. The molecule has 5 nitrogen and oxygen atoms in total. The molecule has 5 heteroatoms. The Labute approximate surface area is 157 Å². The van der Waals surface area contributed by atoms with Crippen molar-refractivity contribution in [3.05, 3.63) is 41.1 Å². The molecule has 0 amide bonds. The maximum Gasteiger partial charge on any atom is 0.142 e. The second kappa shape index (κ2) is 11.0. The fourth-order valence-corrected chi connectivity index (χ4v) is 3.11. The Hall–Kier alpha value is -1.82. The van der Waals surface area contributed by atoms with Crippen LogP contribution in [-0.4, -0.2) is 39.0 Å². The summed E-state index contributed by atoms with van der Waals surface area (Å²) in [7, 11) is 3.40. The molecular weight excluding hydrogens is 328 g/mol. The predicted molar refractivity (Wildman–Crippen MR) is 108 cm³/mol. The van der Waals surface area contributed by atoms with E-state index in [9.17, 15) is 5.11 Å². The van der Waals surface area contributed by atoms with Crippen LogP contribution in [0.5, 0.6) is 5.75 Å². The van der Waals surface area contributed by atoms with Crippen molar-refractivity contribution >= 4 is 11.8 Å². The van der Waals surface area contributed by atoms with Crippen molar-refractivity contribution in [3.8, 4) is 5.75 Å². The van der Waals surface area contributed by atoms with Crippen molar-refractivity contribution < 1.29 is 14.6 Å². The van der Waals surface area contributed by atoms with Gasteiger partial charge < -0.3 is 25.2 Å². The van der Waals surface area contributed by atoms with Gasteiger partial charge in [0, 0.05) is 31.5 Å². The zero-order chi connectivity index (χ0) is 18.8. The van der Waals surface area contributed by atoms with Crippen LogP contribution < -0.4 is 15.4 Å². The van der Waals surface area contributed by atoms with E-state index in [1.807, 2.05) is 37.3 Å². The Kier molecular flexibility index (Phi) is 8.68. The highest BCUT2D eigenvalue weighted by molar-refractivity contribution is 5.81. The summed E-state index contributed by atoms with van der Waals surface area (Å²) in [5.74, 6) is 0.781. The molecule has 0 spiro atoms. The SMILES string of the molecule is C/C=C1/C=Cc2c(C(O)CNCCCCCCOC)ccc(OC)c2N1. The van der Waals surface area contributed by atoms with Crippen molar-refractivity contribution in [2.75, 3.05) is 39.2 Å². The fraction of sp³-hybridized carbons (Fsp3) is 0.524. The lowest BCUT2D eigenvalue weighted by Gasteiger charge is -2.23. The van der Waals surface area contributed by atoms with Gasteiger partial charge in [0.2, 0.25) is 0 Å². The number of unbranched alkanes of at least 4 members (excludes halogenated alkanes) is 3. The topological polar surface area (TPSA) is 62.8 Å². The summed E-state index contributed by atoms with van der Waals surface area (Å²) in [5.41, 5.74) is 3.84. The Morgan fingerprint density at radius 3 is 2.69 bits per heavy atom. The van der Waals surface area contributed by atoms with Gasteiger partial charge in [0.05, 0.1) is 18.9 Å². The number of nitrogens with one attached hydrogen (secondary N) is 2. The van der Waals surface area contributed by atoms with Gasteiger partial charge in [0.15, 0.2) is 0 Å². The average molecular weight is 360 g/mol. The molecular formula is C21H32N2O3. The lowest BCUT2D eigenvalue weighted by molar-refractivity contribution is 0.174. The molecule has 1 aliphatic rings. The van der Waals surface area contributed by atoms with E-state index in [1.165, 1.54) is 12.8 Å². The van der Waals surface area contributed by atoms with E-state index in [4.69, 9.17) is 9.47 Å². The maximum absolute atomic E-state index is 10.6. The number of anilines is 1. The second-order valence-corrected chi connectivity index (χ2v) is 6.48. The van der Waals surface area contributed by atoms with Crippen LogP contribution in [0.1, 0.15) is 49.8 Å². The minimum Gasteiger partial charge on any atom is -0.495 e. The number of hydrogen-bond donors (Lipinski definition) is 3. The second-order valence-electron chi connectivity index (χ2n) is 6.48. The Balaban J connectivity index is 1.90. The minimum absolute atomic E-state index is 0.543. The number of aliphatic hydroxyl groups excluding tert-OH is 1. The van der Waals surface area contributed by atoms with Gasteiger partial charge in [-0.3, -0.25) is 0 Å². The van der Waals surface area contributed by atoms with E-state index < -0.39 is 6.10 Å². The highest BCUT2D eigenvalue weighted by Crippen LogP contribution is 2.38. The number of aliphatic hydroxyl groups is 1. The zero-order valence-electron chi connectivity index (χ0n) is 16.2. The van der Waals surface area contributed by atoms with Crippen LogP contribution >= 0.6 is 0 Å². The Bertz CT molecular complexity index is 626. The minimum atomic E-state index is -0.554. The number of ether oxygens (including phenoxy) is 2. The van der Waals surface area contributed by atoms with Gasteiger partial charge >= 0.3 is 0 Å². The highest BCUT2D eigenvalue weighted by atomic mass is 16.5. The quantitative estimate of drug-likeness (QED) is 0.523. The first-order valence-corrected chi connectivity index (χ1v) is 9.41. The van der Waals surface area contributed by atoms with E-state index in [2.05, 4.69) is 10.6 Å². The van der Waals surface area contributed by atoms with Gasteiger partial charge in [0.25, 0.3) is 0 Å². The standard InChI is InChI=1S/C21H32N2O3/c1-4-16-9-10-18-17(11-12-20(26-3)21(18)23-16)19(24)15-22-13-7-5-6-8-14-25-2/h4,9-12,19,22-24H,5-8,13-15H2,1-3H3/b16-4-. The van der Waals surface area contributed by atoms with Crippen molar-refractivity contribution in [2.24, 2.45) is 0 Å². The summed E-state index contributed by atoms with van der Waals surface area (Å²) in [5, 5.41) is 17.4. The third-order valence-electron chi connectivity index (χ3n) is 4.62. The van der Waals surface area contributed by atoms with E-state index in [0.717, 1.165) is 54.3 Å². The molecule has 2 rings (SSSR count). The van der Waals surface area contributed by atoms with Crippen LogP contribution in [0.25, 0.3) is 6.08 Å². The maximum atomic E-state index is 10.6. The summed E-state index contributed by atoms with van der Waals surface area (Å²) in [4.78, 5) is 0. The smallest absolute Gasteiger partial charge is 0.142 e. The number of fused-ring (bicyclic) bond motifs is 1. The Morgan fingerprint density at radius 1 is 1.15 bits per heavy atom. The number of rotatable bonds is 11. The Morgan fingerprint density at radius 2 is 1.96 bits per heavy atom. The van der Waals surface area contributed by atoms with Gasteiger partial charge in [-0.15, -0.1) is 0 Å². The molecule has 1 aromatic rings. The molecule has 1 unspecified atom stereocenters. The van der Waals surface area contributed by atoms with Gasteiger partial charge in [-0.25, -0.2) is 0 Å². The molecule has 0 radical (unpaired) electrons. The third kappa shape index (κ3) is 5.59. The van der Waals surface area contributed by atoms with Crippen LogP contribution in [0.15, 0.2) is 30.0 Å². The fourth-order valence-electron chi connectivity index (χ4n) is 3.11. The predicted octanol–water partition coefficient (Wildman–Crippen LogP) is 3.87. The number of methoxy groups -OCH3 is 2. The molecule has 26 heavy (non-hydrogen) atoms. The van der Waals surface area contributed by atoms with Crippen LogP contribution in [0.2, 0.25) is 0 Å². The van der Waals surface area contributed by atoms with Gasteiger partial charge in [-0.05, 0) is 44.0 Å². The first kappa shape index (κ1) is 20.5. The number of allylic oxidation sites excluding steroid dienone is 2. The molecule has 0 saturated carbocycles. The molecule has 1 aromatic carbocycles. The first-order valence-electron chi connectivity index (χ1n) is 9.41. The monoisotopic (exact) mass is 360 g/mol. The normalized spacial score (nSPS) is 15.6. The molecule has 1 atom stereocenters. The van der Waals surface area contributed by atoms with Crippen molar-refractivity contribution in [2.45, 2.75) is 38.7 Å². The van der Waals surface area contributed by atoms with Gasteiger partial charge in [-0.2, -0.15) is 0 Å². The van der Waals surface area contributed by atoms with Crippen LogP contribution in [0.3, 0.4) is 0 Å². The lowest BCUT2D eigenvalue weighted by Crippen LogP contribution is -2.23. The van der Waals surface area contributed by atoms with Crippen LogP contribution in [0, 0.1) is 0 Å². The van der Waals surface area contributed by atoms with E-state index in [1.54, 1.807) is 14.2 Å². The van der Waals surface area contributed by atoms with Gasteiger partial charge in [0.1, 0.15) is 5.75 Å². The molecule has 3 N–H and O–H groups in total. The summed E-state index contributed by atoms with van der Waals surface area (Å²) >= 11 is 0. The summed E-state index contributed by atoms with van der Waals surface area (Å²) < 4.78 is 10.5. The van der Waals surface area contributed by atoms with E-state index in [0.29, 0.717) is 6.54 Å². The van der Waals surface area contributed by atoms with Crippen LogP contribution in [-0.2, 0) is 4.74 Å². The summed E-state index contributed by atoms with van der Waals surface area (Å²) in [6.07, 6.45) is 10.1. The molecule has 0 aliphatic carbocycles. The van der Waals surface area contributed by atoms with Gasteiger partial charge in [-0.1, -0.05) is 31.1 Å². The van der Waals surface area contributed by atoms with Crippen molar-refractivity contribution in [1.82, 2.24) is 5.32 Å². The van der Waals surface area contributed by atoms with Crippen molar-refractivity contribution in [3.63, 3.8) is 0 Å². The molecule has 0 saturated heterocycles. The molecule has 0 fully saturated rings. The van der Waals surface area contributed by atoms with E-state index >= 15 is 0 Å². The molecule has 144 valence electrons. The largest absolute Gasteiger partial charge is 0.495 e. The summed E-state index contributed by atoms with van der Waals surface area (Å²) in [6, 6.07) is 3.86. The molecule has 1 heterocycles. The third-order valence-corrected chi connectivity index (χ3v) is 4.62.